The maximum absolute atomic E-state index is 11.4. The van der Waals surface area contributed by atoms with Gasteiger partial charge in [0.15, 0.2) is 9.84 Å². The van der Waals surface area contributed by atoms with E-state index in [1.807, 2.05) is 12.1 Å². The largest absolute Gasteiger partial charge is 0.393 e. The van der Waals surface area contributed by atoms with Gasteiger partial charge in [-0.15, -0.1) is 0 Å². The Balaban J connectivity index is 1.85. The molecule has 106 valence electrons. The molecule has 0 saturated carbocycles. The fraction of sp³-hybridized carbons (Fsp3) is 0.600. The van der Waals surface area contributed by atoms with Gasteiger partial charge in [-0.2, -0.15) is 0 Å². The second-order valence-corrected chi connectivity index (χ2v) is 7.76. The van der Waals surface area contributed by atoms with Crippen LogP contribution in [0.2, 0.25) is 0 Å². The number of benzene rings is 1. The lowest BCUT2D eigenvalue weighted by molar-refractivity contribution is 0.147. The predicted molar refractivity (Wildman–Crippen MR) is 76.9 cm³/mol. The van der Waals surface area contributed by atoms with Gasteiger partial charge in [-0.25, -0.2) is 8.42 Å². The van der Waals surface area contributed by atoms with E-state index >= 15 is 0 Å². The maximum Gasteiger partial charge on any atom is 0.150 e. The molecule has 1 N–H and O–H groups in total. The molecule has 3 nitrogen and oxygen atoms in total. The van der Waals surface area contributed by atoms with Crippen LogP contribution in [0.5, 0.6) is 0 Å². The first-order valence-corrected chi connectivity index (χ1v) is 8.77. The van der Waals surface area contributed by atoms with Crippen molar-refractivity contribution in [1.29, 1.82) is 0 Å². The van der Waals surface area contributed by atoms with Crippen LogP contribution >= 0.6 is 0 Å². The predicted octanol–water partition coefficient (Wildman–Crippen LogP) is 1.98. The molecule has 0 aromatic heterocycles. The third-order valence-electron chi connectivity index (χ3n) is 3.83. The van der Waals surface area contributed by atoms with E-state index in [9.17, 15) is 13.5 Å². The Kier molecular flexibility index (Phi) is 4.63. The summed E-state index contributed by atoms with van der Waals surface area (Å²) in [7, 11) is -2.83. The van der Waals surface area contributed by atoms with Crippen molar-refractivity contribution in [2.45, 2.75) is 38.7 Å². The van der Waals surface area contributed by atoms with Gasteiger partial charge in [0.1, 0.15) is 0 Å². The minimum absolute atomic E-state index is 0.134. The van der Waals surface area contributed by atoms with Crippen molar-refractivity contribution in [3.05, 3.63) is 35.4 Å². The third-order valence-corrected chi connectivity index (χ3v) is 5.67. The smallest absolute Gasteiger partial charge is 0.150 e. The number of sulfone groups is 1. The number of rotatable bonds is 5. The van der Waals surface area contributed by atoms with Crippen molar-refractivity contribution < 1.29 is 13.5 Å². The summed E-state index contributed by atoms with van der Waals surface area (Å²) in [6.07, 6.45) is 2.48. The molecule has 1 aliphatic rings. The Morgan fingerprint density at radius 3 is 2.42 bits per heavy atom. The van der Waals surface area contributed by atoms with Crippen LogP contribution in [0.25, 0.3) is 0 Å². The SMILES string of the molecule is CCc1ccc(CC(O)CC2CCS(=O)(=O)C2)cc1. The molecule has 0 spiro atoms. The highest BCUT2D eigenvalue weighted by atomic mass is 32.2. The van der Waals surface area contributed by atoms with Gasteiger partial charge >= 0.3 is 0 Å². The molecule has 19 heavy (non-hydrogen) atoms. The van der Waals surface area contributed by atoms with E-state index in [-0.39, 0.29) is 17.4 Å². The number of hydrogen-bond acceptors (Lipinski definition) is 3. The van der Waals surface area contributed by atoms with Crippen molar-refractivity contribution in [3.8, 4) is 0 Å². The third kappa shape index (κ3) is 4.32. The van der Waals surface area contributed by atoms with Crippen molar-refractivity contribution in [2.75, 3.05) is 11.5 Å². The van der Waals surface area contributed by atoms with Crippen LogP contribution in [0.15, 0.2) is 24.3 Å². The highest BCUT2D eigenvalue weighted by molar-refractivity contribution is 7.91. The Morgan fingerprint density at radius 1 is 1.26 bits per heavy atom. The zero-order chi connectivity index (χ0) is 13.9. The molecule has 2 atom stereocenters. The fourth-order valence-corrected chi connectivity index (χ4v) is 4.59. The molecule has 1 aliphatic heterocycles. The summed E-state index contributed by atoms with van der Waals surface area (Å²) in [5.74, 6) is 0.670. The first kappa shape index (κ1) is 14.5. The molecule has 1 saturated heterocycles. The van der Waals surface area contributed by atoms with E-state index in [0.717, 1.165) is 12.0 Å². The zero-order valence-corrected chi connectivity index (χ0v) is 12.2. The Hall–Kier alpha value is -0.870. The Labute approximate surface area is 115 Å². The van der Waals surface area contributed by atoms with Crippen LogP contribution in [-0.4, -0.2) is 31.1 Å². The summed E-state index contributed by atoms with van der Waals surface area (Å²) in [4.78, 5) is 0. The Bertz CT molecular complexity index is 505. The minimum Gasteiger partial charge on any atom is -0.393 e. The van der Waals surface area contributed by atoms with Crippen LogP contribution in [0.4, 0.5) is 0 Å². The molecule has 1 heterocycles. The molecule has 1 aromatic carbocycles. The van der Waals surface area contributed by atoms with E-state index in [4.69, 9.17) is 0 Å². The lowest BCUT2D eigenvalue weighted by Gasteiger charge is -2.14. The molecule has 1 aromatic rings. The summed E-state index contributed by atoms with van der Waals surface area (Å²) >= 11 is 0. The summed E-state index contributed by atoms with van der Waals surface area (Å²) in [6.45, 7) is 2.12. The van der Waals surface area contributed by atoms with Gasteiger partial charge in [-0.1, -0.05) is 31.2 Å². The van der Waals surface area contributed by atoms with Crippen molar-refractivity contribution in [1.82, 2.24) is 0 Å². The molecule has 0 amide bonds. The van der Waals surface area contributed by atoms with E-state index < -0.39 is 15.9 Å². The normalized spacial score (nSPS) is 23.4. The number of aryl methyl sites for hydroxylation is 1. The first-order valence-electron chi connectivity index (χ1n) is 6.95. The number of hydrogen-bond donors (Lipinski definition) is 1. The molecule has 1 fully saturated rings. The van der Waals surface area contributed by atoms with E-state index in [0.29, 0.717) is 19.3 Å². The summed E-state index contributed by atoms with van der Waals surface area (Å²) in [6, 6.07) is 8.27. The van der Waals surface area contributed by atoms with Gasteiger partial charge < -0.3 is 5.11 Å². The molecular weight excluding hydrogens is 260 g/mol. The second kappa shape index (κ2) is 6.06. The zero-order valence-electron chi connectivity index (χ0n) is 11.4. The van der Waals surface area contributed by atoms with Crippen molar-refractivity contribution in [2.24, 2.45) is 5.92 Å². The summed E-state index contributed by atoms with van der Waals surface area (Å²) in [5, 5.41) is 10.1. The topological polar surface area (TPSA) is 54.4 Å². The van der Waals surface area contributed by atoms with Crippen LogP contribution in [0, 0.1) is 5.92 Å². The Morgan fingerprint density at radius 2 is 1.89 bits per heavy atom. The first-order chi connectivity index (χ1) is 8.98. The molecule has 4 heteroatoms. The molecular formula is C15H22O3S. The monoisotopic (exact) mass is 282 g/mol. The average Bonchev–Trinajstić information content (AvgIpc) is 2.69. The van der Waals surface area contributed by atoms with Crippen LogP contribution in [-0.2, 0) is 22.7 Å². The maximum atomic E-state index is 11.4. The quantitative estimate of drug-likeness (QED) is 0.898. The fourth-order valence-electron chi connectivity index (χ4n) is 2.71. The summed E-state index contributed by atoms with van der Waals surface area (Å²) in [5.41, 5.74) is 2.41. The molecule has 0 bridgehead atoms. The molecule has 0 radical (unpaired) electrons. The van der Waals surface area contributed by atoms with Crippen LogP contribution < -0.4 is 0 Å². The lowest BCUT2D eigenvalue weighted by Crippen LogP contribution is -2.17. The molecule has 2 unspecified atom stereocenters. The second-order valence-electron chi connectivity index (χ2n) is 5.53. The average molecular weight is 282 g/mol. The minimum atomic E-state index is -2.83. The molecule has 0 aliphatic carbocycles. The van der Waals surface area contributed by atoms with Crippen LogP contribution in [0.1, 0.15) is 30.9 Å². The van der Waals surface area contributed by atoms with E-state index in [2.05, 4.69) is 19.1 Å². The highest BCUT2D eigenvalue weighted by Crippen LogP contribution is 2.24. The summed E-state index contributed by atoms with van der Waals surface area (Å²) < 4.78 is 22.7. The van der Waals surface area contributed by atoms with E-state index in [1.54, 1.807) is 0 Å². The van der Waals surface area contributed by atoms with Gasteiger partial charge in [-0.3, -0.25) is 0 Å². The van der Waals surface area contributed by atoms with Gasteiger partial charge in [0.05, 0.1) is 17.6 Å². The lowest BCUT2D eigenvalue weighted by atomic mass is 9.96. The standard InChI is InChI=1S/C15H22O3S/c1-2-12-3-5-13(6-4-12)9-15(16)10-14-7-8-19(17,18)11-14/h3-6,14-16H,2,7-11H2,1H3. The van der Waals surface area contributed by atoms with Crippen molar-refractivity contribution >= 4 is 9.84 Å². The number of aliphatic hydroxyl groups excluding tert-OH is 1. The van der Waals surface area contributed by atoms with Gasteiger partial charge in [-0.05, 0) is 42.7 Å². The van der Waals surface area contributed by atoms with Gasteiger partial charge in [0.2, 0.25) is 0 Å². The van der Waals surface area contributed by atoms with E-state index in [1.165, 1.54) is 5.56 Å². The van der Waals surface area contributed by atoms with Crippen LogP contribution in [0.3, 0.4) is 0 Å². The highest BCUT2D eigenvalue weighted by Gasteiger charge is 2.29. The van der Waals surface area contributed by atoms with Gasteiger partial charge in [0, 0.05) is 0 Å². The van der Waals surface area contributed by atoms with Crippen molar-refractivity contribution in [3.63, 3.8) is 0 Å². The number of aliphatic hydroxyl groups is 1. The van der Waals surface area contributed by atoms with Gasteiger partial charge in [0.25, 0.3) is 0 Å². The molecule has 2 rings (SSSR count).